The standard InChI is InChI=1S/C21H19N5OS/c27-20(24-21-22-9-13-28-21)17-4-3-12-26-14-18(23-19(17)26)15-5-7-16(8-6-15)25-10-1-2-11-25/h3-9,12-14H,1-2,10-11H2,(H,22,24,27). The molecule has 0 radical (unpaired) electrons. The quantitative estimate of drug-likeness (QED) is 0.565. The van der Waals surface area contributed by atoms with Crippen LogP contribution in [0.1, 0.15) is 23.2 Å². The Morgan fingerprint density at radius 2 is 1.93 bits per heavy atom. The van der Waals surface area contributed by atoms with E-state index in [0.717, 1.165) is 24.3 Å². The SMILES string of the molecule is O=C(Nc1nccs1)c1cccn2cc(-c3ccc(N4CCCC4)cc3)nc12. The van der Waals surface area contributed by atoms with Crippen LogP contribution >= 0.6 is 11.3 Å². The Kier molecular flexibility index (Phi) is 4.29. The molecule has 0 saturated carbocycles. The zero-order chi connectivity index (χ0) is 18.9. The first-order valence-corrected chi connectivity index (χ1v) is 10.2. The van der Waals surface area contributed by atoms with Crippen molar-refractivity contribution in [3.63, 3.8) is 0 Å². The molecule has 1 N–H and O–H groups in total. The van der Waals surface area contributed by atoms with Gasteiger partial charge in [0.05, 0.1) is 11.3 Å². The Balaban J connectivity index is 1.45. The van der Waals surface area contributed by atoms with Crippen LogP contribution in [-0.2, 0) is 0 Å². The first-order chi connectivity index (χ1) is 13.8. The van der Waals surface area contributed by atoms with E-state index in [1.165, 1.54) is 29.9 Å². The fourth-order valence-electron chi connectivity index (χ4n) is 3.60. The lowest BCUT2D eigenvalue weighted by molar-refractivity contribution is 0.102. The van der Waals surface area contributed by atoms with Crippen LogP contribution in [0.2, 0.25) is 0 Å². The summed E-state index contributed by atoms with van der Waals surface area (Å²) in [4.78, 5) is 23.9. The van der Waals surface area contributed by atoms with Gasteiger partial charge in [-0.15, -0.1) is 11.3 Å². The zero-order valence-electron chi connectivity index (χ0n) is 15.2. The van der Waals surface area contributed by atoms with E-state index in [9.17, 15) is 4.79 Å². The molecule has 4 heterocycles. The van der Waals surface area contributed by atoms with Gasteiger partial charge in [-0.25, -0.2) is 9.97 Å². The van der Waals surface area contributed by atoms with Crippen LogP contribution in [0.5, 0.6) is 0 Å². The second-order valence-corrected chi connectivity index (χ2v) is 7.71. The van der Waals surface area contributed by atoms with E-state index >= 15 is 0 Å². The van der Waals surface area contributed by atoms with Crippen molar-refractivity contribution in [1.29, 1.82) is 0 Å². The average Bonchev–Trinajstić information content (AvgIpc) is 3.48. The zero-order valence-corrected chi connectivity index (χ0v) is 16.0. The van der Waals surface area contributed by atoms with Crippen LogP contribution in [0.3, 0.4) is 0 Å². The highest BCUT2D eigenvalue weighted by atomic mass is 32.1. The topological polar surface area (TPSA) is 62.5 Å². The molecule has 28 heavy (non-hydrogen) atoms. The number of amides is 1. The molecule has 0 bridgehead atoms. The van der Waals surface area contributed by atoms with Gasteiger partial charge < -0.3 is 9.30 Å². The van der Waals surface area contributed by atoms with Crippen molar-refractivity contribution in [3.05, 3.63) is 65.9 Å². The molecule has 140 valence electrons. The number of aromatic nitrogens is 3. The Morgan fingerprint density at radius 1 is 1.11 bits per heavy atom. The minimum absolute atomic E-state index is 0.206. The Labute approximate surface area is 166 Å². The molecule has 0 atom stereocenters. The van der Waals surface area contributed by atoms with Gasteiger partial charge in [-0.05, 0) is 37.1 Å². The third-order valence-electron chi connectivity index (χ3n) is 5.01. The highest BCUT2D eigenvalue weighted by Crippen LogP contribution is 2.26. The monoisotopic (exact) mass is 389 g/mol. The van der Waals surface area contributed by atoms with Crippen LogP contribution in [-0.4, -0.2) is 33.4 Å². The summed E-state index contributed by atoms with van der Waals surface area (Å²) in [5, 5.41) is 5.24. The second kappa shape index (κ2) is 7.09. The number of nitrogens with zero attached hydrogens (tertiary/aromatic N) is 4. The van der Waals surface area contributed by atoms with Crippen molar-refractivity contribution in [2.45, 2.75) is 12.8 Å². The van der Waals surface area contributed by atoms with Crippen molar-refractivity contribution < 1.29 is 4.79 Å². The Bertz CT molecular complexity index is 1110. The van der Waals surface area contributed by atoms with E-state index in [4.69, 9.17) is 4.98 Å². The third kappa shape index (κ3) is 3.14. The summed E-state index contributed by atoms with van der Waals surface area (Å²) in [6, 6.07) is 12.1. The summed E-state index contributed by atoms with van der Waals surface area (Å²) in [6.07, 6.45) is 8.06. The minimum atomic E-state index is -0.206. The van der Waals surface area contributed by atoms with Crippen LogP contribution in [0, 0.1) is 0 Å². The number of imidazole rings is 1. The van der Waals surface area contributed by atoms with E-state index in [1.54, 1.807) is 12.3 Å². The van der Waals surface area contributed by atoms with Crippen LogP contribution in [0.4, 0.5) is 10.8 Å². The van der Waals surface area contributed by atoms with Crippen molar-refractivity contribution >= 4 is 33.7 Å². The minimum Gasteiger partial charge on any atom is -0.372 e. The lowest BCUT2D eigenvalue weighted by atomic mass is 10.1. The second-order valence-electron chi connectivity index (χ2n) is 6.81. The van der Waals surface area contributed by atoms with Crippen molar-refractivity contribution in [1.82, 2.24) is 14.4 Å². The van der Waals surface area contributed by atoms with Gasteiger partial charge >= 0.3 is 0 Å². The average molecular weight is 389 g/mol. The number of fused-ring (bicyclic) bond motifs is 1. The summed E-state index contributed by atoms with van der Waals surface area (Å²) >= 11 is 1.39. The molecule has 0 aliphatic carbocycles. The summed E-state index contributed by atoms with van der Waals surface area (Å²) in [6.45, 7) is 2.26. The molecule has 1 fully saturated rings. The number of carbonyl (C=O) groups is 1. The molecule has 5 rings (SSSR count). The number of hydrogen-bond donors (Lipinski definition) is 1. The van der Waals surface area contributed by atoms with Crippen LogP contribution in [0.15, 0.2) is 60.4 Å². The number of rotatable bonds is 4. The fraction of sp³-hybridized carbons (Fsp3) is 0.190. The van der Waals surface area contributed by atoms with E-state index < -0.39 is 0 Å². The summed E-state index contributed by atoms with van der Waals surface area (Å²) in [5.41, 5.74) is 4.31. The van der Waals surface area contributed by atoms with Gasteiger partial charge in [0.15, 0.2) is 5.13 Å². The molecule has 1 aliphatic rings. The highest BCUT2D eigenvalue weighted by Gasteiger charge is 2.16. The molecule has 6 nitrogen and oxygen atoms in total. The highest BCUT2D eigenvalue weighted by molar-refractivity contribution is 7.13. The molecule has 1 aliphatic heterocycles. The molecular formula is C21H19N5OS. The molecule has 3 aromatic heterocycles. The number of pyridine rings is 1. The maximum atomic E-state index is 12.7. The van der Waals surface area contributed by atoms with E-state index in [1.807, 2.05) is 28.2 Å². The van der Waals surface area contributed by atoms with Gasteiger partial charge in [-0.2, -0.15) is 0 Å². The van der Waals surface area contributed by atoms with E-state index in [-0.39, 0.29) is 5.91 Å². The number of carbonyl (C=O) groups excluding carboxylic acids is 1. The van der Waals surface area contributed by atoms with Gasteiger partial charge in [0.1, 0.15) is 5.65 Å². The lowest BCUT2D eigenvalue weighted by Crippen LogP contribution is -2.17. The van der Waals surface area contributed by atoms with Crippen molar-refractivity contribution in [2.75, 3.05) is 23.3 Å². The summed E-state index contributed by atoms with van der Waals surface area (Å²) < 4.78 is 1.89. The first kappa shape index (κ1) is 16.9. The normalized spacial score (nSPS) is 13.9. The molecule has 7 heteroatoms. The van der Waals surface area contributed by atoms with Crippen molar-refractivity contribution in [2.24, 2.45) is 0 Å². The number of hydrogen-bond acceptors (Lipinski definition) is 5. The fourth-order valence-corrected chi connectivity index (χ4v) is 4.12. The van der Waals surface area contributed by atoms with Gasteiger partial charge in [-0.1, -0.05) is 12.1 Å². The number of anilines is 2. The number of thiazole rings is 1. The van der Waals surface area contributed by atoms with Gasteiger partial charge in [0.2, 0.25) is 0 Å². The van der Waals surface area contributed by atoms with Gasteiger partial charge in [0, 0.05) is 48.3 Å². The maximum absolute atomic E-state index is 12.7. The Hall–Kier alpha value is -3.19. The van der Waals surface area contributed by atoms with Crippen LogP contribution in [0.25, 0.3) is 16.9 Å². The molecule has 1 saturated heterocycles. The van der Waals surface area contributed by atoms with E-state index in [0.29, 0.717) is 16.3 Å². The lowest BCUT2D eigenvalue weighted by Gasteiger charge is -2.17. The molecular weight excluding hydrogens is 370 g/mol. The van der Waals surface area contributed by atoms with Gasteiger partial charge in [-0.3, -0.25) is 10.1 Å². The third-order valence-corrected chi connectivity index (χ3v) is 5.70. The van der Waals surface area contributed by atoms with Crippen LogP contribution < -0.4 is 10.2 Å². The smallest absolute Gasteiger partial charge is 0.261 e. The predicted octanol–water partition coefficient (Wildman–Crippen LogP) is 4.31. The van der Waals surface area contributed by atoms with E-state index in [2.05, 4.69) is 39.5 Å². The first-order valence-electron chi connectivity index (χ1n) is 9.32. The maximum Gasteiger partial charge on any atom is 0.261 e. The molecule has 1 amide bonds. The Morgan fingerprint density at radius 3 is 2.68 bits per heavy atom. The summed E-state index contributed by atoms with van der Waals surface area (Å²) in [5.74, 6) is -0.206. The molecule has 0 unspecified atom stereocenters. The number of nitrogens with one attached hydrogen (secondary N) is 1. The molecule has 4 aromatic rings. The predicted molar refractivity (Wildman–Crippen MR) is 112 cm³/mol. The summed E-state index contributed by atoms with van der Waals surface area (Å²) in [7, 11) is 0. The van der Waals surface area contributed by atoms with Gasteiger partial charge in [0.25, 0.3) is 5.91 Å². The molecule has 1 aromatic carbocycles. The largest absolute Gasteiger partial charge is 0.372 e. The van der Waals surface area contributed by atoms with Crippen molar-refractivity contribution in [3.8, 4) is 11.3 Å². The molecule has 0 spiro atoms. The number of benzene rings is 1.